The molecule has 2 N–H and O–H groups in total. The molecule has 14 heavy (non-hydrogen) atoms. The monoisotopic (exact) mass is 191 g/mol. The van der Waals surface area contributed by atoms with Gasteiger partial charge in [0.2, 0.25) is 0 Å². The Balaban J connectivity index is 2.16. The van der Waals surface area contributed by atoms with Gasteiger partial charge in [-0.1, -0.05) is 12.1 Å². The van der Waals surface area contributed by atoms with Crippen molar-refractivity contribution < 1.29 is 9.90 Å². The van der Waals surface area contributed by atoms with Crippen LogP contribution in [0.4, 0.5) is 0 Å². The van der Waals surface area contributed by atoms with Gasteiger partial charge in [-0.15, -0.1) is 0 Å². The quantitative estimate of drug-likeness (QED) is 0.744. The third-order valence-electron chi connectivity index (χ3n) is 2.69. The normalized spacial score (nSPS) is 21.0. The van der Waals surface area contributed by atoms with E-state index in [4.69, 9.17) is 5.11 Å². The molecule has 1 heterocycles. The van der Waals surface area contributed by atoms with E-state index in [1.54, 1.807) is 12.1 Å². The molecule has 1 aromatic rings. The number of rotatable bonds is 2. The lowest BCUT2D eigenvalue weighted by Gasteiger charge is -2.08. The zero-order chi connectivity index (χ0) is 9.97. The van der Waals surface area contributed by atoms with Crippen LogP contribution in [0.2, 0.25) is 0 Å². The molecule has 74 valence electrons. The minimum atomic E-state index is -0.860. The topological polar surface area (TPSA) is 49.3 Å². The molecule has 3 nitrogen and oxygen atoms in total. The number of carbonyl (C=O) groups is 1. The number of carboxylic acids is 1. The number of aromatic carboxylic acids is 1. The van der Waals surface area contributed by atoms with Crippen LogP contribution in [0.15, 0.2) is 24.3 Å². The van der Waals surface area contributed by atoms with Crippen molar-refractivity contribution in [1.29, 1.82) is 0 Å². The highest BCUT2D eigenvalue weighted by molar-refractivity contribution is 5.87. The number of hydrogen-bond acceptors (Lipinski definition) is 2. The van der Waals surface area contributed by atoms with E-state index in [1.807, 2.05) is 12.1 Å². The SMILES string of the molecule is O=C(O)c1ccc(C2CCNC2)cc1. The van der Waals surface area contributed by atoms with Crippen molar-refractivity contribution in [3.8, 4) is 0 Å². The van der Waals surface area contributed by atoms with Gasteiger partial charge in [-0.05, 0) is 36.6 Å². The molecular formula is C11H13NO2. The van der Waals surface area contributed by atoms with Crippen molar-refractivity contribution in [1.82, 2.24) is 5.32 Å². The second-order valence-electron chi connectivity index (χ2n) is 3.62. The van der Waals surface area contributed by atoms with Crippen LogP contribution in [0.25, 0.3) is 0 Å². The zero-order valence-electron chi connectivity index (χ0n) is 7.86. The molecule has 3 heteroatoms. The van der Waals surface area contributed by atoms with Gasteiger partial charge >= 0.3 is 5.97 Å². The second kappa shape index (κ2) is 3.80. The smallest absolute Gasteiger partial charge is 0.335 e. The fraction of sp³-hybridized carbons (Fsp3) is 0.364. The first-order valence-corrected chi connectivity index (χ1v) is 4.81. The van der Waals surface area contributed by atoms with Crippen molar-refractivity contribution in [3.05, 3.63) is 35.4 Å². The molecule has 1 aromatic carbocycles. The second-order valence-corrected chi connectivity index (χ2v) is 3.62. The molecule has 1 unspecified atom stereocenters. The first-order chi connectivity index (χ1) is 6.77. The molecule has 2 rings (SSSR count). The van der Waals surface area contributed by atoms with Gasteiger partial charge in [0, 0.05) is 6.54 Å². The van der Waals surface area contributed by atoms with Gasteiger partial charge in [0.05, 0.1) is 5.56 Å². The van der Waals surface area contributed by atoms with E-state index in [0.717, 1.165) is 19.5 Å². The fourth-order valence-corrected chi connectivity index (χ4v) is 1.84. The van der Waals surface area contributed by atoms with Crippen LogP contribution in [-0.4, -0.2) is 24.2 Å². The van der Waals surface area contributed by atoms with Gasteiger partial charge in [0.25, 0.3) is 0 Å². The summed E-state index contributed by atoms with van der Waals surface area (Å²) in [6.07, 6.45) is 1.15. The molecule has 1 fully saturated rings. The predicted octanol–water partition coefficient (Wildman–Crippen LogP) is 1.46. The summed E-state index contributed by atoms with van der Waals surface area (Å²) in [4.78, 5) is 10.6. The molecule has 0 aliphatic carbocycles. The van der Waals surface area contributed by atoms with Crippen molar-refractivity contribution >= 4 is 5.97 Å². The largest absolute Gasteiger partial charge is 0.478 e. The van der Waals surface area contributed by atoms with Crippen LogP contribution in [0.5, 0.6) is 0 Å². The summed E-state index contributed by atoms with van der Waals surface area (Å²) in [5.41, 5.74) is 1.60. The summed E-state index contributed by atoms with van der Waals surface area (Å²) in [7, 11) is 0. The van der Waals surface area contributed by atoms with Crippen LogP contribution >= 0.6 is 0 Å². The number of hydrogen-bond donors (Lipinski definition) is 2. The summed E-state index contributed by atoms with van der Waals surface area (Å²) in [5.74, 6) is -0.307. The number of nitrogens with one attached hydrogen (secondary N) is 1. The van der Waals surface area contributed by atoms with Crippen molar-refractivity contribution in [2.75, 3.05) is 13.1 Å². The maximum atomic E-state index is 10.6. The predicted molar refractivity (Wildman–Crippen MR) is 53.6 cm³/mol. The highest BCUT2D eigenvalue weighted by Crippen LogP contribution is 2.22. The molecule has 0 bridgehead atoms. The average molecular weight is 191 g/mol. The van der Waals surface area contributed by atoms with E-state index in [2.05, 4.69) is 5.32 Å². The molecule has 1 aliphatic heterocycles. The van der Waals surface area contributed by atoms with E-state index in [-0.39, 0.29) is 0 Å². The minimum absolute atomic E-state index is 0.361. The summed E-state index contributed by atoms with van der Waals surface area (Å²) < 4.78 is 0. The Morgan fingerprint density at radius 2 is 2.07 bits per heavy atom. The van der Waals surface area contributed by atoms with Crippen molar-refractivity contribution in [3.63, 3.8) is 0 Å². The Morgan fingerprint density at radius 3 is 2.57 bits per heavy atom. The van der Waals surface area contributed by atoms with Gasteiger partial charge in [0.15, 0.2) is 0 Å². The number of benzene rings is 1. The first kappa shape index (κ1) is 9.21. The van der Waals surface area contributed by atoms with Crippen molar-refractivity contribution in [2.24, 2.45) is 0 Å². The summed E-state index contributed by atoms with van der Waals surface area (Å²) >= 11 is 0. The Bertz CT molecular complexity index is 326. The minimum Gasteiger partial charge on any atom is -0.478 e. The lowest BCUT2D eigenvalue weighted by atomic mass is 9.97. The van der Waals surface area contributed by atoms with E-state index in [0.29, 0.717) is 11.5 Å². The first-order valence-electron chi connectivity index (χ1n) is 4.81. The maximum Gasteiger partial charge on any atom is 0.335 e. The van der Waals surface area contributed by atoms with Gasteiger partial charge in [-0.3, -0.25) is 0 Å². The van der Waals surface area contributed by atoms with E-state index in [1.165, 1.54) is 5.56 Å². The lowest BCUT2D eigenvalue weighted by Crippen LogP contribution is -2.08. The lowest BCUT2D eigenvalue weighted by molar-refractivity contribution is 0.0697. The molecule has 0 radical (unpaired) electrons. The van der Waals surface area contributed by atoms with Gasteiger partial charge in [-0.25, -0.2) is 4.79 Å². The summed E-state index contributed by atoms with van der Waals surface area (Å²) in [5, 5.41) is 12.0. The van der Waals surface area contributed by atoms with Crippen molar-refractivity contribution in [2.45, 2.75) is 12.3 Å². The van der Waals surface area contributed by atoms with Crippen LogP contribution in [0.3, 0.4) is 0 Å². The molecule has 0 aromatic heterocycles. The van der Waals surface area contributed by atoms with Crippen LogP contribution < -0.4 is 5.32 Å². The van der Waals surface area contributed by atoms with Crippen LogP contribution in [0, 0.1) is 0 Å². The zero-order valence-corrected chi connectivity index (χ0v) is 7.86. The standard InChI is InChI=1S/C11H13NO2/c13-11(14)9-3-1-8(2-4-9)10-5-6-12-7-10/h1-4,10,12H,5-7H2,(H,13,14). The molecular weight excluding hydrogens is 178 g/mol. The molecule has 0 spiro atoms. The molecule has 0 amide bonds. The molecule has 1 aliphatic rings. The Morgan fingerprint density at radius 1 is 1.36 bits per heavy atom. The third kappa shape index (κ3) is 1.77. The Labute approximate surface area is 82.8 Å². The fourth-order valence-electron chi connectivity index (χ4n) is 1.84. The van der Waals surface area contributed by atoms with E-state index < -0.39 is 5.97 Å². The highest BCUT2D eigenvalue weighted by Gasteiger charge is 2.16. The molecule has 1 atom stereocenters. The van der Waals surface area contributed by atoms with Gasteiger partial charge in [0.1, 0.15) is 0 Å². The van der Waals surface area contributed by atoms with E-state index >= 15 is 0 Å². The van der Waals surface area contributed by atoms with Gasteiger partial charge in [-0.2, -0.15) is 0 Å². The Kier molecular flexibility index (Phi) is 2.50. The summed E-state index contributed by atoms with van der Waals surface area (Å²) in [6, 6.07) is 7.19. The highest BCUT2D eigenvalue weighted by atomic mass is 16.4. The van der Waals surface area contributed by atoms with Gasteiger partial charge < -0.3 is 10.4 Å². The third-order valence-corrected chi connectivity index (χ3v) is 2.69. The molecule has 0 saturated carbocycles. The molecule has 1 saturated heterocycles. The van der Waals surface area contributed by atoms with E-state index in [9.17, 15) is 4.79 Å². The summed E-state index contributed by atoms with van der Waals surface area (Å²) in [6.45, 7) is 2.07. The maximum absolute atomic E-state index is 10.6. The Hall–Kier alpha value is -1.35. The average Bonchev–Trinajstić information content (AvgIpc) is 2.71. The number of carboxylic acid groups (broad SMARTS) is 1. The van der Waals surface area contributed by atoms with Crippen LogP contribution in [0.1, 0.15) is 28.3 Å². The van der Waals surface area contributed by atoms with Crippen LogP contribution in [-0.2, 0) is 0 Å².